The Kier molecular flexibility index (Phi) is 7.09. The molecule has 1 unspecified atom stereocenters. The molecule has 1 atom stereocenters. The normalized spacial score (nSPS) is 15.1. The van der Waals surface area contributed by atoms with Crippen molar-refractivity contribution < 1.29 is 70.9 Å². The second kappa shape index (κ2) is 8.86. The van der Waals surface area contributed by atoms with E-state index in [1.165, 1.54) is 0 Å². The quantitative estimate of drug-likeness (QED) is 0.394. The monoisotopic (exact) mass is 452 g/mol. The van der Waals surface area contributed by atoms with Crippen molar-refractivity contribution in [3.63, 3.8) is 0 Å². The third kappa shape index (κ3) is 4.73. The van der Waals surface area contributed by atoms with E-state index in [1.807, 2.05) is 5.92 Å². The Labute approximate surface area is 193 Å². The van der Waals surface area contributed by atoms with E-state index >= 15 is 0 Å². The first kappa shape index (κ1) is 24.0. The molecular weight excluding hydrogens is 446 g/mol. The predicted octanol–water partition coefficient (Wildman–Crippen LogP) is 0.852. The molecule has 1 heterocycles. The van der Waals surface area contributed by atoms with Crippen LogP contribution in [0.3, 0.4) is 0 Å². The smallest absolute Gasteiger partial charge is 0.545 e. The number of fused-ring (bicyclic) bond motifs is 1. The van der Waals surface area contributed by atoms with Gasteiger partial charge in [0.2, 0.25) is 6.10 Å². The van der Waals surface area contributed by atoms with Crippen molar-refractivity contribution in [3.8, 4) is 29.6 Å². The van der Waals surface area contributed by atoms with Crippen molar-refractivity contribution in [2.24, 2.45) is 0 Å². The summed E-state index contributed by atoms with van der Waals surface area (Å²) in [5, 5.41) is 10.8. The number of benzene rings is 2. The molecule has 0 saturated heterocycles. The molecule has 0 aliphatic carbocycles. The fourth-order valence-corrected chi connectivity index (χ4v) is 2.73. The molecule has 0 aromatic heterocycles. The van der Waals surface area contributed by atoms with Gasteiger partial charge in [0, 0.05) is 23.3 Å². The van der Waals surface area contributed by atoms with Crippen molar-refractivity contribution in [2.45, 2.75) is 12.3 Å². The van der Waals surface area contributed by atoms with Crippen molar-refractivity contribution in [3.05, 3.63) is 57.6 Å². The maximum Gasteiger partial charge on any atom is 1.00 e. The summed E-state index contributed by atoms with van der Waals surface area (Å²) in [6.07, 6.45) is -2.12. The first-order valence-electron chi connectivity index (χ1n) is 7.64. The average molecular weight is 453 g/mol. The van der Waals surface area contributed by atoms with E-state index in [0.29, 0.717) is 18.2 Å². The number of hydrogen-bond acceptors (Lipinski definition) is 4. The number of ether oxygens (including phenoxy) is 2. The summed E-state index contributed by atoms with van der Waals surface area (Å²) in [4.78, 5) is 11.0. The number of carboxylic acid groups (broad SMARTS) is 1. The summed E-state index contributed by atoms with van der Waals surface area (Å²) in [6.45, 7) is 0. The van der Waals surface area contributed by atoms with E-state index in [9.17, 15) is 31.9 Å². The van der Waals surface area contributed by atoms with E-state index in [2.05, 4.69) is 0 Å². The molecule has 2 aromatic rings. The standard InChI is InChI=1S/C19H8ClF5O4.Na/c1-2-8-5-13(22)16(6-12(8)21)28-15-7-14-9(4-11(15)20)3-10(18(26)27)17(29-14)19(23,24)25;/h1,3-7,17H,(H,26,27);/q;+1/p-1. The zero-order chi connectivity index (χ0) is 21.5. The minimum atomic E-state index is -5.05. The number of rotatable bonds is 3. The summed E-state index contributed by atoms with van der Waals surface area (Å²) in [5.41, 5.74) is -1.60. The van der Waals surface area contributed by atoms with Crippen LogP contribution in [0, 0.1) is 24.0 Å². The van der Waals surface area contributed by atoms with Gasteiger partial charge in [-0.3, -0.25) is 0 Å². The van der Waals surface area contributed by atoms with Crippen LogP contribution in [0.25, 0.3) is 6.08 Å². The van der Waals surface area contributed by atoms with Crippen LogP contribution in [-0.2, 0) is 4.79 Å². The molecule has 1 aliphatic rings. The van der Waals surface area contributed by atoms with Gasteiger partial charge in [0.1, 0.15) is 17.3 Å². The predicted molar refractivity (Wildman–Crippen MR) is 89.3 cm³/mol. The van der Waals surface area contributed by atoms with Crippen LogP contribution in [0.2, 0.25) is 5.02 Å². The number of carboxylic acids is 1. The molecule has 2 aromatic carbocycles. The number of aliphatic carboxylic acids is 1. The first-order valence-corrected chi connectivity index (χ1v) is 8.02. The first-order chi connectivity index (χ1) is 13.5. The van der Waals surface area contributed by atoms with Gasteiger partial charge in [-0.25, -0.2) is 8.78 Å². The van der Waals surface area contributed by atoms with Crippen LogP contribution in [0.15, 0.2) is 29.8 Å². The number of alkyl halides is 3. The minimum Gasteiger partial charge on any atom is -0.545 e. The fraction of sp³-hybridized carbons (Fsp3) is 0.105. The number of halogens is 6. The zero-order valence-electron chi connectivity index (χ0n) is 14.9. The van der Waals surface area contributed by atoms with E-state index in [1.54, 1.807) is 0 Å². The van der Waals surface area contributed by atoms with Gasteiger partial charge in [-0.2, -0.15) is 13.2 Å². The third-order valence-electron chi connectivity index (χ3n) is 3.83. The minimum absolute atomic E-state index is 0. The maximum atomic E-state index is 14.0. The van der Waals surface area contributed by atoms with Gasteiger partial charge in [-0.15, -0.1) is 6.42 Å². The Morgan fingerprint density at radius 2 is 1.83 bits per heavy atom. The SMILES string of the molecule is C#Cc1cc(F)c(Oc2cc3c(cc2Cl)C=C(C(=O)[O-])C(C(F)(F)F)O3)cc1F.[Na+]. The van der Waals surface area contributed by atoms with Gasteiger partial charge in [-0.1, -0.05) is 17.5 Å². The van der Waals surface area contributed by atoms with Crippen LogP contribution >= 0.6 is 11.6 Å². The molecule has 0 saturated carbocycles. The van der Waals surface area contributed by atoms with Crippen LogP contribution in [0.5, 0.6) is 17.2 Å². The molecule has 0 amide bonds. The summed E-state index contributed by atoms with van der Waals surface area (Å²) < 4.78 is 77.1. The van der Waals surface area contributed by atoms with Gasteiger partial charge in [0.15, 0.2) is 11.6 Å². The van der Waals surface area contributed by atoms with E-state index in [0.717, 1.165) is 12.1 Å². The summed E-state index contributed by atoms with van der Waals surface area (Å²) in [7, 11) is 0. The van der Waals surface area contributed by atoms with E-state index < -0.39 is 47.0 Å². The summed E-state index contributed by atoms with van der Waals surface area (Å²) >= 11 is 5.97. The van der Waals surface area contributed by atoms with Crippen molar-refractivity contribution in [1.82, 2.24) is 0 Å². The molecule has 11 heteroatoms. The van der Waals surface area contributed by atoms with Gasteiger partial charge in [0.25, 0.3) is 0 Å². The molecule has 30 heavy (non-hydrogen) atoms. The Morgan fingerprint density at radius 3 is 2.40 bits per heavy atom. The molecule has 3 rings (SSSR count). The van der Waals surface area contributed by atoms with Gasteiger partial charge >= 0.3 is 35.7 Å². The molecule has 0 radical (unpaired) electrons. The van der Waals surface area contributed by atoms with Crippen LogP contribution in [0.1, 0.15) is 11.1 Å². The number of terminal acetylenes is 1. The van der Waals surface area contributed by atoms with Crippen LogP contribution in [-0.4, -0.2) is 18.2 Å². The van der Waals surface area contributed by atoms with E-state index in [-0.39, 0.29) is 51.5 Å². The molecule has 0 bridgehead atoms. The van der Waals surface area contributed by atoms with E-state index in [4.69, 9.17) is 27.5 Å². The average Bonchev–Trinajstić information content (AvgIpc) is 2.63. The molecule has 1 aliphatic heterocycles. The Balaban J connectivity index is 0.00000320. The topological polar surface area (TPSA) is 58.6 Å². The van der Waals surface area contributed by atoms with Gasteiger partial charge < -0.3 is 19.4 Å². The molecule has 4 nitrogen and oxygen atoms in total. The van der Waals surface area contributed by atoms with Crippen molar-refractivity contribution in [1.29, 1.82) is 0 Å². The molecular formula is C19H7ClF5NaO4. The molecule has 0 spiro atoms. The maximum absolute atomic E-state index is 14.0. The van der Waals surface area contributed by atoms with Crippen LogP contribution in [0.4, 0.5) is 22.0 Å². The number of carbonyl (C=O) groups is 1. The van der Waals surface area contributed by atoms with Gasteiger partial charge in [-0.05, 0) is 18.2 Å². The second-order valence-corrected chi connectivity index (χ2v) is 6.16. The number of hydrogen-bond donors (Lipinski definition) is 0. The van der Waals surface area contributed by atoms with Crippen molar-refractivity contribution >= 4 is 23.6 Å². The molecule has 0 N–H and O–H groups in total. The van der Waals surface area contributed by atoms with Crippen molar-refractivity contribution in [2.75, 3.05) is 0 Å². The summed E-state index contributed by atoms with van der Waals surface area (Å²) in [5.74, 6) is -3.56. The Hall–Kier alpha value is -2.25. The fourth-order valence-electron chi connectivity index (χ4n) is 2.52. The zero-order valence-corrected chi connectivity index (χ0v) is 17.7. The Morgan fingerprint density at radius 1 is 1.17 bits per heavy atom. The largest absolute Gasteiger partial charge is 1.00 e. The van der Waals surface area contributed by atoms with Gasteiger partial charge in [0.05, 0.1) is 16.6 Å². The molecule has 0 fully saturated rings. The second-order valence-electron chi connectivity index (χ2n) is 5.76. The summed E-state index contributed by atoms with van der Waals surface area (Å²) in [6, 6.07) is 3.28. The molecule has 150 valence electrons. The number of carbonyl (C=O) groups excluding carboxylic acids is 1. The third-order valence-corrected chi connectivity index (χ3v) is 4.13. The Bertz CT molecular complexity index is 1090. The van der Waals surface area contributed by atoms with Crippen LogP contribution < -0.4 is 44.1 Å².